The van der Waals surface area contributed by atoms with Crippen LogP contribution < -0.4 is 9.64 Å². The van der Waals surface area contributed by atoms with Gasteiger partial charge in [0.05, 0.1) is 40.7 Å². The lowest BCUT2D eigenvalue weighted by atomic mass is 10.1. The molecule has 1 atom stereocenters. The first-order valence-electron chi connectivity index (χ1n) is 11.1. The number of benzene rings is 2. The Morgan fingerprint density at radius 1 is 1.37 bits per heavy atom. The zero-order chi connectivity index (χ0) is 24.5. The number of carbonyl (C=O) groups excluding carboxylic acids is 1. The fraction of sp³-hybridized carbons (Fsp3) is 0.240. The number of aryl methyl sites for hydroxylation is 1. The minimum atomic E-state index is -0.260. The summed E-state index contributed by atoms with van der Waals surface area (Å²) in [7, 11) is 0. The maximum atomic E-state index is 12.3. The topological polar surface area (TPSA) is 111 Å². The van der Waals surface area contributed by atoms with E-state index in [0.29, 0.717) is 41.7 Å². The van der Waals surface area contributed by atoms with Crippen molar-refractivity contribution in [1.29, 1.82) is 5.26 Å². The number of hydrogen-bond donors (Lipinski definition) is 1. The first kappa shape index (κ1) is 22.6. The molecule has 1 amide bonds. The van der Waals surface area contributed by atoms with E-state index in [4.69, 9.17) is 16.3 Å². The highest BCUT2D eigenvalue weighted by atomic mass is 35.5. The van der Waals surface area contributed by atoms with Crippen LogP contribution in [0.15, 0.2) is 49.4 Å². The number of carbonyl (C=O) groups is 1. The SMILES string of the molecule is C=CC(=O)N1CCN(c2ncnc3c(Oc4c(Cl)c(C)cc5[nH]ncc45)cccc23)CC1CC#N. The maximum Gasteiger partial charge on any atom is 0.246 e. The second-order valence-electron chi connectivity index (χ2n) is 8.32. The van der Waals surface area contributed by atoms with Crippen LogP contribution in [0.1, 0.15) is 12.0 Å². The minimum absolute atomic E-state index is 0.172. The molecule has 0 radical (unpaired) electrons. The molecule has 1 unspecified atom stereocenters. The number of nitrogens with zero attached hydrogens (tertiary/aromatic N) is 6. The molecule has 1 fully saturated rings. The quantitative estimate of drug-likeness (QED) is 0.416. The second kappa shape index (κ2) is 9.24. The summed E-state index contributed by atoms with van der Waals surface area (Å²) >= 11 is 6.61. The molecule has 10 heteroatoms. The van der Waals surface area contributed by atoms with Gasteiger partial charge in [-0.05, 0) is 36.8 Å². The molecular formula is C25H22ClN7O2. The van der Waals surface area contributed by atoms with Crippen molar-refractivity contribution in [3.63, 3.8) is 0 Å². The van der Waals surface area contributed by atoms with Gasteiger partial charge in [0.2, 0.25) is 5.91 Å². The molecule has 0 bridgehead atoms. The van der Waals surface area contributed by atoms with Crippen LogP contribution in [-0.2, 0) is 4.79 Å². The van der Waals surface area contributed by atoms with Gasteiger partial charge in [-0.15, -0.1) is 0 Å². The van der Waals surface area contributed by atoms with Gasteiger partial charge in [-0.3, -0.25) is 9.89 Å². The van der Waals surface area contributed by atoms with Crippen molar-refractivity contribution in [1.82, 2.24) is 25.1 Å². The number of piperazine rings is 1. The third kappa shape index (κ3) is 4.02. The van der Waals surface area contributed by atoms with Crippen LogP contribution in [0.4, 0.5) is 5.82 Å². The zero-order valence-corrected chi connectivity index (χ0v) is 19.8. The lowest BCUT2D eigenvalue weighted by Crippen LogP contribution is -2.55. The van der Waals surface area contributed by atoms with Gasteiger partial charge < -0.3 is 14.5 Å². The van der Waals surface area contributed by atoms with Gasteiger partial charge in [-0.25, -0.2) is 9.97 Å². The number of ether oxygens (including phenoxy) is 1. The van der Waals surface area contributed by atoms with Crippen LogP contribution >= 0.6 is 11.6 Å². The van der Waals surface area contributed by atoms with Gasteiger partial charge in [-0.1, -0.05) is 24.2 Å². The molecule has 9 nitrogen and oxygen atoms in total. The Morgan fingerprint density at radius 3 is 3.03 bits per heavy atom. The van der Waals surface area contributed by atoms with Gasteiger partial charge in [-0.2, -0.15) is 10.4 Å². The van der Waals surface area contributed by atoms with E-state index < -0.39 is 0 Å². The van der Waals surface area contributed by atoms with E-state index >= 15 is 0 Å². The average molecular weight is 488 g/mol. The summed E-state index contributed by atoms with van der Waals surface area (Å²) in [6.45, 7) is 7.00. The zero-order valence-electron chi connectivity index (χ0n) is 19.0. The van der Waals surface area contributed by atoms with E-state index in [1.165, 1.54) is 12.4 Å². The van der Waals surface area contributed by atoms with E-state index in [1.54, 1.807) is 11.1 Å². The number of para-hydroxylation sites is 1. The number of aromatic amines is 1. The summed E-state index contributed by atoms with van der Waals surface area (Å²) in [5.74, 6) is 1.59. The first-order valence-corrected chi connectivity index (χ1v) is 11.5. The van der Waals surface area contributed by atoms with Crippen molar-refractivity contribution < 1.29 is 9.53 Å². The van der Waals surface area contributed by atoms with Crippen molar-refractivity contribution in [2.24, 2.45) is 0 Å². The lowest BCUT2D eigenvalue weighted by Gasteiger charge is -2.41. The number of rotatable bonds is 5. The predicted octanol–water partition coefficient (Wildman–Crippen LogP) is 4.38. The van der Waals surface area contributed by atoms with Gasteiger partial charge in [0, 0.05) is 25.0 Å². The number of anilines is 1. The lowest BCUT2D eigenvalue weighted by molar-refractivity contribution is -0.128. The van der Waals surface area contributed by atoms with Crippen molar-refractivity contribution in [2.45, 2.75) is 19.4 Å². The van der Waals surface area contributed by atoms with Crippen LogP contribution in [0, 0.1) is 18.3 Å². The van der Waals surface area contributed by atoms with Crippen LogP contribution in [0.2, 0.25) is 5.02 Å². The standard InChI is InChI=1S/C25H22ClN7O2/c1-3-21(34)33-10-9-32(13-16(33)7-8-27)25-17-5-4-6-20(23(17)28-14-29-25)35-24-18-12-30-31-19(18)11-15(2)22(24)26/h3-6,11-12,14,16H,1,7,9-10,13H2,2H3,(H,30,31). The Balaban J connectivity index is 1.53. The summed E-state index contributed by atoms with van der Waals surface area (Å²) in [6.07, 6.45) is 4.69. The van der Waals surface area contributed by atoms with Crippen LogP contribution in [-0.4, -0.2) is 56.6 Å². The van der Waals surface area contributed by atoms with E-state index in [9.17, 15) is 10.1 Å². The third-order valence-electron chi connectivity index (χ3n) is 6.21. The normalized spacial score (nSPS) is 15.9. The molecule has 0 saturated carbocycles. The number of H-pyrrole nitrogens is 1. The number of amides is 1. The summed E-state index contributed by atoms with van der Waals surface area (Å²) in [5.41, 5.74) is 2.32. The number of hydrogen-bond acceptors (Lipinski definition) is 7. The van der Waals surface area contributed by atoms with Crippen molar-refractivity contribution >= 4 is 45.1 Å². The van der Waals surface area contributed by atoms with Crippen molar-refractivity contribution in [2.75, 3.05) is 24.5 Å². The second-order valence-corrected chi connectivity index (χ2v) is 8.70. The fourth-order valence-corrected chi connectivity index (χ4v) is 4.69. The summed E-state index contributed by atoms with van der Waals surface area (Å²) < 4.78 is 6.33. The summed E-state index contributed by atoms with van der Waals surface area (Å²) in [6, 6.07) is 9.50. The number of nitrogens with one attached hydrogen (secondary N) is 1. The predicted molar refractivity (Wildman–Crippen MR) is 134 cm³/mol. The molecule has 1 aliphatic rings. The molecule has 1 N–H and O–H groups in total. The Bertz CT molecular complexity index is 1490. The molecule has 3 heterocycles. The number of aromatic nitrogens is 4. The van der Waals surface area contributed by atoms with Crippen molar-refractivity contribution in [3.05, 3.63) is 60.0 Å². The largest absolute Gasteiger partial charge is 0.453 e. The molecule has 2 aromatic carbocycles. The van der Waals surface area contributed by atoms with Crippen LogP contribution in [0.3, 0.4) is 0 Å². The van der Waals surface area contributed by atoms with Gasteiger partial charge in [0.25, 0.3) is 0 Å². The van der Waals surface area contributed by atoms with E-state index in [2.05, 4.69) is 37.7 Å². The number of fused-ring (bicyclic) bond motifs is 2. The first-order chi connectivity index (χ1) is 17.0. The smallest absolute Gasteiger partial charge is 0.246 e. The van der Waals surface area contributed by atoms with Gasteiger partial charge >= 0.3 is 0 Å². The summed E-state index contributed by atoms with van der Waals surface area (Å²) in [4.78, 5) is 25.1. The Hall–Kier alpha value is -4.16. The highest BCUT2D eigenvalue weighted by Crippen LogP contribution is 2.40. The maximum absolute atomic E-state index is 12.3. The van der Waals surface area contributed by atoms with Crippen LogP contribution in [0.25, 0.3) is 21.8 Å². The molecule has 2 aromatic heterocycles. The summed E-state index contributed by atoms with van der Waals surface area (Å²) in [5, 5.41) is 18.5. The number of halogens is 1. The molecule has 1 aliphatic heterocycles. The fourth-order valence-electron chi connectivity index (χ4n) is 4.49. The van der Waals surface area contributed by atoms with E-state index in [1.807, 2.05) is 31.2 Å². The molecule has 4 aromatic rings. The number of nitriles is 1. The van der Waals surface area contributed by atoms with Crippen LogP contribution in [0.5, 0.6) is 11.5 Å². The van der Waals surface area contributed by atoms with E-state index in [-0.39, 0.29) is 18.4 Å². The Morgan fingerprint density at radius 2 is 2.23 bits per heavy atom. The van der Waals surface area contributed by atoms with Crippen molar-refractivity contribution in [3.8, 4) is 17.6 Å². The molecule has 0 spiro atoms. The monoisotopic (exact) mass is 487 g/mol. The highest BCUT2D eigenvalue weighted by molar-refractivity contribution is 6.34. The minimum Gasteiger partial charge on any atom is -0.453 e. The highest BCUT2D eigenvalue weighted by Gasteiger charge is 2.30. The average Bonchev–Trinajstić information content (AvgIpc) is 3.34. The molecule has 35 heavy (non-hydrogen) atoms. The van der Waals surface area contributed by atoms with Gasteiger partial charge in [0.1, 0.15) is 17.7 Å². The Labute approximate surface area is 206 Å². The molecule has 5 rings (SSSR count). The van der Waals surface area contributed by atoms with Gasteiger partial charge in [0.15, 0.2) is 11.5 Å². The molecule has 176 valence electrons. The van der Waals surface area contributed by atoms with E-state index in [0.717, 1.165) is 27.7 Å². The Kier molecular flexibility index (Phi) is 5.97. The molecular weight excluding hydrogens is 466 g/mol. The molecule has 1 saturated heterocycles. The molecule has 0 aliphatic carbocycles. The third-order valence-corrected chi connectivity index (χ3v) is 6.68.